The van der Waals surface area contributed by atoms with E-state index in [1.165, 1.54) is 18.2 Å². The lowest BCUT2D eigenvalue weighted by atomic mass is 10.1. The van der Waals surface area contributed by atoms with Crippen LogP contribution < -0.4 is 4.74 Å². The second-order valence-electron chi connectivity index (χ2n) is 6.95. The van der Waals surface area contributed by atoms with Crippen LogP contribution in [0.15, 0.2) is 110 Å². The van der Waals surface area contributed by atoms with Gasteiger partial charge in [-0.1, -0.05) is 30.3 Å². The SMILES string of the molecule is CCOc1ccc(N=Nc2ccc(N=Nc3cccc(S(=O)(=O)O)c3)c3ccccc23)cc1. The number of hydrogen-bond donors (Lipinski definition) is 1. The van der Waals surface area contributed by atoms with Gasteiger partial charge in [-0.15, -0.1) is 10.2 Å². The van der Waals surface area contributed by atoms with E-state index in [9.17, 15) is 13.0 Å². The summed E-state index contributed by atoms with van der Waals surface area (Å²) in [5, 5.41) is 18.8. The Morgan fingerprint density at radius 2 is 1.33 bits per heavy atom. The first-order chi connectivity index (χ1) is 15.9. The molecule has 4 aromatic carbocycles. The fourth-order valence-electron chi connectivity index (χ4n) is 3.15. The highest BCUT2D eigenvalue weighted by Crippen LogP contribution is 2.35. The maximum atomic E-state index is 11.3. The molecular weight excluding hydrogens is 440 g/mol. The second-order valence-corrected chi connectivity index (χ2v) is 8.37. The molecule has 0 aromatic heterocycles. The fourth-order valence-corrected chi connectivity index (χ4v) is 3.67. The van der Waals surface area contributed by atoms with Crippen LogP contribution in [0, 0.1) is 0 Å². The van der Waals surface area contributed by atoms with Gasteiger partial charge in [0.1, 0.15) is 5.75 Å². The maximum Gasteiger partial charge on any atom is 0.294 e. The molecule has 0 atom stereocenters. The van der Waals surface area contributed by atoms with Crippen LogP contribution in [-0.4, -0.2) is 19.6 Å². The summed E-state index contributed by atoms with van der Waals surface area (Å²) in [6.45, 7) is 2.53. The van der Waals surface area contributed by atoms with Crippen molar-refractivity contribution in [2.75, 3.05) is 6.61 Å². The molecule has 8 nitrogen and oxygen atoms in total. The van der Waals surface area contributed by atoms with Gasteiger partial charge in [0.2, 0.25) is 0 Å². The van der Waals surface area contributed by atoms with E-state index >= 15 is 0 Å². The molecule has 0 amide bonds. The molecule has 0 bridgehead atoms. The third kappa shape index (κ3) is 5.46. The summed E-state index contributed by atoms with van der Waals surface area (Å²) in [6.07, 6.45) is 0. The van der Waals surface area contributed by atoms with Gasteiger partial charge in [0, 0.05) is 10.8 Å². The Hall–Kier alpha value is -3.95. The van der Waals surface area contributed by atoms with Gasteiger partial charge in [-0.25, -0.2) is 0 Å². The Balaban J connectivity index is 1.63. The normalized spacial score (nSPS) is 12.1. The van der Waals surface area contributed by atoms with Crippen molar-refractivity contribution >= 4 is 43.6 Å². The molecule has 1 N–H and O–H groups in total. The lowest BCUT2D eigenvalue weighted by molar-refractivity contribution is 0.340. The topological polar surface area (TPSA) is 113 Å². The van der Waals surface area contributed by atoms with Gasteiger partial charge in [-0.05, 0) is 61.5 Å². The zero-order valence-electron chi connectivity index (χ0n) is 17.7. The van der Waals surface area contributed by atoms with E-state index in [0.29, 0.717) is 29.4 Å². The molecular formula is C24H20N4O4S. The number of fused-ring (bicyclic) bond motifs is 1. The highest BCUT2D eigenvalue weighted by Gasteiger charge is 2.10. The average molecular weight is 461 g/mol. The van der Waals surface area contributed by atoms with Gasteiger partial charge in [0.15, 0.2) is 0 Å². The van der Waals surface area contributed by atoms with Crippen LogP contribution in [0.2, 0.25) is 0 Å². The predicted octanol–water partition coefficient (Wildman–Crippen LogP) is 7.32. The van der Waals surface area contributed by atoms with E-state index in [2.05, 4.69) is 20.5 Å². The van der Waals surface area contributed by atoms with Crippen molar-refractivity contribution in [1.82, 2.24) is 0 Å². The molecule has 0 radical (unpaired) electrons. The zero-order chi connectivity index (χ0) is 23.3. The van der Waals surface area contributed by atoms with Crippen LogP contribution in [-0.2, 0) is 10.1 Å². The molecule has 166 valence electrons. The Morgan fingerprint density at radius 3 is 1.91 bits per heavy atom. The van der Waals surface area contributed by atoms with Gasteiger partial charge in [-0.2, -0.15) is 18.6 Å². The summed E-state index contributed by atoms with van der Waals surface area (Å²) in [5.74, 6) is 0.777. The van der Waals surface area contributed by atoms with E-state index < -0.39 is 10.1 Å². The Morgan fingerprint density at radius 1 is 0.727 bits per heavy atom. The van der Waals surface area contributed by atoms with Gasteiger partial charge in [0.25, 0.3) is 10.1 Å². The van der Waals surface area contributed by atoms with Crippen molar-refractivity contribution in [1.29, 1.82) is 0 Å². The molecule has 0 aliphatic rings. The molecule has 0 fully saturated rings. The molecule has 0 aliphatic heterocycles. The van der Waals surface area contributed by atoms with Gasteiger partial charge in [-0.3, -0.25) is 4.55 Å². The van der Waals surface area contributed by atoms with Crippen LogP contribution in [0.1, 0.15) is 6.92 Å². The fraction of sp³-hybridized carbons (Fsp3) is 0.0833. The van der Waals surface area contributed by atoms with E-state index in [0.717, 1.165) is 16.5 Å². The average Bonchev–Trinajstić information content (AvgIpc) is 2.82. The number of nitrogens with zero attached hydrogens (tertiary/aromatic N) is 4. The first-order valence-corrected chi connectivity index (χ1v) is 11.5. The summed E-state index contributed by atoms with van der Waals surface area (Å²) in [7, 11) is -4.31. The summed E-state index contributed by atoms with van der Waals surface area (Å²) in [4.78, 5) is -0.242. The molecule has 0 heterocycles. The first-order valence-electron chi connectivity index (χ1n) is 10.1. The van der Waals surface area contributed by atoms with Crippen LogP contribution in [0.25, 0.3) is 10.8 Å². The lowest BCUT2D eigenvalue weighted by Gasteiger charge is -2.05. The van der Waals surface area contributed by atoms with Crippen LogP contribution in [0.4, 0.5) is 22.7 Å². The third-order valence-corrected chi connectivity index (χ3v) is 5.54. The van der Waals surface area contributed by atoms with Gasteiger partial charge < -0.3 is 4.74 Å². The Labute approximate surface area is 191 Å². The molecule has 4 aromatic rings. The van der Waals surface area contributed by atoms with Gasteiger partial charge in [0.05, 0.1) is 34.3 Å². The molecule has 0 spiro atoms. The van der Waals surface area contributed by atoms with Crippen LogP contribution >= 0.6 is 0 Å². The minimum absolute atomic E-state index is 0.242. The molecule has 4 rings (SSSR count). The summed E-state index contributed by atoms with van der Waals surface area (Å²) in [5.41, 5.74) is 2.26. The molecule has 0 aliphatic carbocycles. The number of hydrogen-bond acceptors (Lipinski definition) is 7. The van der Waals surface area contributed by atoms with Crippen LogP contribution in [0.3, 0.4) is 0 Å². The number of benzene rings is 4. The Bertz CT molecular complexity index is 1450. The second kappa shape index (κ2) is 9.68. The minimum Gasteiger partial charge on any atom is -0.494 e. The van der Waals surface area contributed by atoms with E-state index in [-0.39, 0.29) is 4.90 Å². The van der Waals surface area contributed by atoms with Crippen LogP contribution in [0.5, 0.6) is 5.75 Å². The van der Waals surface area contributed by atoms with E-state index in [1.807, 2.05) is 55.5 Å². The predicted molar refractivity (Wildman–Crippen MR) is 126 cm³/mol. The summed E-state index contributed by atoms with van der Waals surface area (Å²) < 4.78 is 37.3. The summed E-state index contributed by atoms with van der Waals surface area (Å²) >= 11 is 0. The molecule has 9 heteroatoms. The molecule has 0 saturated carbocycles. The van der Waals surface area contributed by atoms with Crippen molar-refractivity contribution < 1.29 is 17.7 Å². The molecule has 0 unspecified atom stereocenters. The maximum absolute atomic E-state index is 11.3. The van der Waals surface area contributed by atoms with Crippen molar-refractivity contribution in [2.24, 2.45) is 20.5 Å². The summed E-state index contributed by atoms with van der Waals surface area (Å²) in [6, 6.07) is 24.1. The third-order valence-electron chi connectivity index (χ3n) is 4.69. The van der Waals surface area contributed by atoms with Crippen molar-refractivity contribution in [2.45, 2.75) is 11.8 Å². The first kappa shape index (κ1) is 22.3. The molecule has 0 saturated heterocycles. The highest BCUT2D eigenvalue weighted by molar-refractivity contribution is 7.85. The zero-order valence-corrected chi connectivity index (χ0v) is 18.5. The minimum atomic E-state index is -4.31. The smallest absolute Gasteiger partial charge is 0.294 e. The molecule has 33 heavy (non-hydrogen) atoms. The Kier molecular flexibility index (Phi) is 6.53. The number of ether oxygens (including phenoxy) is 1. The van der Waals surface area contributed by atoms with E-state index in [4.69, 9.17) is 4.74 Å². The lowest BCUT2D eigenvalue weighted by Crippen LogP contribution is -1.96. The highest BCUT2D eigenvalue weighted by atomic mass is 32.2. The number of rotatable bonds is 7. The quantitative estimate of drug-likeness (QED) is 0.230. The van der Waals surface area contributed by atoms with E-state index in [1.54, 1.807) is 18.2 Å². The van der Waals surface area contributed by atoms with Gasteiger partial charge >= 0.3 is 0 Å². The van der Waals surface area contributed by atoms with Crippen molar-refractivity contribution in [3.8, 4) is 5.75 Å². The van der Waals surface area contributed by atoms with Crippen molar-refractivity contribution in [3.63, 3.8) is 0 Å². The standard InChI is InChI=1S/C24H20N4O4S/c1-2-32-19-12-10-17(11-13-19)25-27-23-14-15-24(22-9-4-3-8-21(22)23)28-26-18-6-5-7-20(16-18)33(29,30)31/h3-16H,2H2,1H3,(H,29,30,31). The van der Waals surface area contributed by atoms with Crippen molar-refractivity contribution in [3.05, 3.63) is 84.9 Å². The monoisotopic (exact) mass is 460 g/mol. The number of azo groups is 2. The largest absolute Gasteiger partial charge is 0.494 e.